The van der Waals surface area contributed by atoms with Gasteiger partial charge >= 0.3 is 0 Å². The van der Waals surface area contributed by atoms with E-state index in [1.807, 2.05) is 68.4 Å². The largest absolute Gasteiger partial charge is 0.322 e. The highest BCUT2D eigenvalue weighted by Gasteiger charge is 2.12. The van der Waals surface area contributed by atoms with Crippen molar-refractivity contribution in [2.24, 2.45) is 0 Å². The van der Waals surface area contributed by atoms with Crippen molar-refractivity contribution in [2.75, 3.05) is 5.32 Å². The Balaban J connectivity index is 2.06. The lowest BCUT2D eigenvalue weighted by Crippen LogP contribution is -2.13. The van der Waals surface area contributed by atoms with E-state index < -0.39 is 0 Å². The van der Waals surface area contributed by atoms with E-state index >= 15 is 0 Å². The van der Waals surface area contributed by atoms with Crippen LogP contribution < -0.4 is 5.32 Å². The highest BCUT2D eigenvalue weighted by atomic mass is 16.1. The Labute approximate surface area is 123 Å². The average molecular weight is 276 g/mol. The van der Waals surface area contributed by atoms with Crippen LogP contribution in [0.15, 0.2) is 54.6 Å². The smallest absolute Gasteiger partial charge is 0.256 e. The number of nitrogens with zero attached hydrogens (tertiary/aromatic N) is 1. The normalized spacial score (nSPS) is 10.6. The number of amides is 1. The number of para-hydroxylation sites is 1. The Hall–Kier alpha value is -2.68. The lowest BCUT2D eigenvalue weighted by molar-refractivity contribution is 0.102. The van der Waals surface area contributed by atoms with Crippen molar-refractivity contribution in [2.45, 2.75) is 13.8 Å². The predicted molar refractivity (Wildman–Crippen MR) is 85.6 cm³/mol. The van der Waals surface area contributed by atoms with Crippen LogP contribution in [-0.2, 0) is 0 Å². The molecule has 1 amide bonds. The molecular formula is C18H16N2O. The first-order valence-corrected chi connectivity index (χ1v) is 6.88. The van der Waals surface area contributed by atoms with E-state index in [0.29, 0.717) is 5.56 Å². The maximum atomic E-state index is 12.6. The number of aromatic nitrogens is 1. The summed E-state index contributed by atoms with van der Waals surface area (Å²) in [5.41, 5.74) is 4.24. The average Bonchev–Trinajstić information content (AvgIpc) is 2.48. The van der Waals surface area contributed by atoms with Gasteiger partial charge in [-0.05, 0) is 44.2 Å². The van der Waals surface area contributed by atoms with Gasteiger partial charge in [0.05, 0.1) is 11.1 Å². The molecule has 3 aromatic rings. The molecular weight excluding hydrogens is 260 g/mol. The summed E-state index contributed by atoms with van der Waals surface area (Å²) < 4.78 is 0. The van der Waals surface area contributed by atoms with Crippen molar-refractivity contribution >= 4 is 22.5 Å². The minimum absolute atomic E-state index is 0.109. The lowest BCUT2D eigenvalue weighted by Gasteiger charge is -2.09. The molecule has 3 rings (SSSR count). The fraction of sp³-hybridized carbons (Fsp3) is 0.111. The van der Waals surface area contributed by atoms with Crippen LogP contribution in [0, 0.1) is 13.8 Å². The van der Waals surface area contributed by atoms with Crippen LogP contribution in [0.5, 0.6) is 0 Å². The van der Waals surface area contributed by atoms with E-state index in [2.05, 4.69) is 10.3 Å². The van der Waals surface area contributed by atoms with E-state index in [9.17, 15) is 4.79 Å². The molecule has 0 spiro atoms. The molecule has 0 radical (unpaired) electrons. The Morgan fingerprint density at radius 1 is 1.00 bits per heavy atom. The number of nitrogens with one attached hydrogen (secondary N) is 1. The quantitative estimate of drug-likeness (QED) is 0.765. The van der Waals surface area contributed by atoms with Gasteiger partial charge in [0, 0.05) is 16.8 Å². The summed E-state index contributed by atoms with van der Waals surface area (Å²) in [6.07, 6.45) is 0. The van der Waals surface area contributed by atoms with Crippen molar-refractivity contribution in [1.29, 1.82) is 0 Å². The van der Waals surface area contributed by atoms with Gasteiger partial charge in [-0.2, -0.15) is 0 Å². The predicted octanol–water partition coefficient (Wildman–Crippen LogP) is 4.10. The number of benzene rings is 2. The Kier molecular flexibility index (Phi) is 3.40. The number of fused-ring (bicyclic) bond motifs is 1. The third kappa shape index (κ3) is 2.77. The van der Waals surface area contributed by atoms with Crippen LogP contribution in [0.1, 0.15) is 21.6 Å². The lowest BCUT2D eigenvalue weighted by atomic mass is 10.0. The summed E-state index contributed by atoms with van der Waals surface area (Å²) in [6.45, 7) is 3.91. The van der Waals surface area contributed by atoms with Gasteiger partial charge < -0.3 is 5.32 Å². The number of pyridine rings is 1. The van der Waals surface area contributed by atoms with E-state index in [4.69, 9.17) is 0 Å². The standard InChI is InChI=1S/C18H16N2O/c1-12-8-9-17-15(10-12)16(11-13(2)19-17)18(21)20-14-6-4-3-5-7-14/h3-11H,1-2H3,(H,20,21). The molecule has 21 heavy (non-hydrogen) atoms. The van der Waals surface area contributed by atoms with Crippen LogP contribution in [0.2, 0.25) is 0 Å². The molecule has 0 saturated heterocycles. The van der Waals surface area contributed by atoms with Crippen molar-refractivity contribution in [3.05, 3.63) is 71.4 Å². The maximum absolute atomic E-state index is 12.6. The Bertz CT molecular complexity index is 810. The Morgan fingerprint density at radius 2 is 1.76 bits per heavy atom. The highest BCUT2D eigenvalue weighted by Crippen LogP contribution is 2.21. The van der Waals surface area contributed by atoms with Crippen molar-refractivity contribution in [3.63, 3.8) is 0 Å². The van der Waals surface area contributed by atoms with Gasteiger partial charge in [-0.15, -0.1) is 0 Å². The molecule has 0 aliphatic carbocycles. The second-order valence-electron chi connectivity index (χ2n) is 5.15. The van der Waals surface area contributed by atoms with Gasteiger partial charge in [0.2, 0.25) is 0 Å². The third-order valence-corrected chi connectivity index (χ3v) is 3.37. The number of carbonyl (C=O) groups excluding carboxylic acids is 1. The summed E-state index contributed by atoms with van der Waals surface area (Å²) in [6, 6.07) is 17.3. The number of hydrogen-bond donors (Lipinski definition) is 1. The topological polar surface area (TPSA) is 42.0 Å². The van der Waals surface area contributed by atoms with Crippen molar-refractivity contribution in [1.82, 2.24) is 4.98 Å². The summed E-state index contributed by atoms with van der Waals surface area (Å²) in [5, 5.41) is 3.81. The van der Waals surface area contributed by atoms with Crippen LogP contribution in [0.4, 0.5) is 5.69 Å². The molecule has 0 saturated carbocycles. The molecule has 0 unspecified atom stereocenters. The zero-order chi connectivity index (χ0) is 14.8. The second-order valence-corrected chi connectivity index (χ2v) is 5.15. The molecule has 1 heterocycles. The van der Waals surface area contributed by atoms with Crippen LogP contribution >= 0.6 is 0 Å². The molecule has 0 aliphatic rings. The number of carbonyl (C=O) groups is 1. The molecule has 104 valence electrons. The van der Waals surface area contributed by atoms with Crippen LogP contribution in [0.25, 0.3) is 10.9 Å². The van der Waals surface area contributed by atoms with Gasteiger partial charge in [0.15, 0.2) is 0 Å². The maximum Gasteiger partial charge on any atom is 0.256 e. The van der Waals surface area contributed by atoms with Crippen LogP contribution in [-0.4, -0.2) is 10.9 Å². The zero-order valence-corrected chi connectivity index (χ0v) is 12.1. The minimum atomic E-state index is -0.109. The van der Waals surface area contributed by atoms with Crippen molar-refractivity contribution < 1.29 is 4.79 Å². The zero-order valence-electron chi connectivity index (χ0n) is 12.1. The molecule has 1 aromatic heterocycles. The Morgan fingerprint density at radius 3 is 2.52 bits per heavy atom. The van der Waals surface area contributed by atoms with Gasteiger partial charge in [-0.25, -0.2) is 0 Å². The van der Waals surface area contributed by atoms with E-state index in [0.717, 1.165) is 27.8 Å². The highest BCUT2D eigenvalue weighted by molar-refractivity contribution is 6.12. The molecule has 1 N–H and O–H groups in total. The van der Waals surface area contributed by atoms with E-state index in [1.54, 1.807) is 0 Å². The molecule has 3 nitrogen and oxygen atoms in total. The summed E-state index contributed by atoms with van der Waals surface area (Å²) in [4.78, 5) is 17.0. The SMILES string of the molecule is Cc1ccc2nc(C)cc(C(=O)Nc3ccccc3)c2c1. The molecule has 0 aliphatic heterocycles. The number of anilines is 1. The fourth-order valence-corrected chi connectivity index (χ4v) is 2.38. The van der Waals surface area contributed by atoms with Crippen molar-refractivity contribution in [3.8, 4) is 0 Å². The minimum Gasteiger partial charge on any atom is -0.322 e. The molecule has 0 atom stereocenters. The summed E-state index contributed by atoms with van der Waals surface area (Å²) in [7, 11) is 0. The summed E-state index contributed by atoms with van der Waals surface area (Å²) in [5.74, 6) is -0.109. The van der Waals surface area contributed by atoms with E-state index in [-0.39, 0.29) is 5.91 Å². The van der Waals surface area contributed by atoms with Gasteiger partial charge in [-0.3, -0.25) is 9.78 Å². The van der Waals surface area contributed by atoms with Crippen LogP contribution in [0.3, 0.4) is 0 Å². The fourth-order valence-electron chi connectivity index (χ4n) is 2.38. The first kappa shape index (κ1) is 13.3. The monoisotopic (exact) mass is 276 g/mol. The molecule has 0 bridgehead atoms. The van der Waals surface area contributed by atoms with E-state index in [1.165, 1.54) is 0 Å². The summed E-state index contributed by atoms with van der Waals surface area (Å²) >= 11 is 0. The molecule has 2 aromatic carbocycles. The first-order valence-electron chi connectivity index (χ1n) is 6.88. The van der Waals surface area contributed by atoms with Gasteiger partial charge in [0.25, 0.3) is 5.91 Å². The van der Waals surface area contributed by atoms with Gasteiger partial charge in [-0.1, -0.05) is 29.8 Å². The van der Waals surface area contributed by atoms with Gasteiger partial charge in [0.1, 0.15) is 0 Å². The third-order valence-electron chi connectivity index (χ3n) is 3.37. The number of aryl methyl sites for hydroxylation is 2. The molecule has 3 heteroatoms. The first-order chi connectivity index (χ1) is 10.1. The number of rotatable bonds is 2. The molecule has 0 fully saturated rings. The number of hydrogen-bond acceptors (Lipinski definition) is 2. The second kappa shape index (κ2) is 5.37.